The summed E-state index contributed by atoms with van der Waals surface area (Å²) in [6, 6.07) is 9.26. The number of hydrogen-bond acceptors (Lipinski definition) is 2. The van der Waals surface area contributed by atoms with Crippen LogP contribution in [0.3, 0.4) is 0 Å². The van der Waals surface area contributed by atoms with Crippen LogP contribution in [0.2, 0.25) is 0 Å². The second-order valence-electron chi connectivity index (χ2n) is 4.88. The lowest BCUT2D eigenvalue weighted by molar-refractivity contribution is 0.426. The van der Waals surface area contributed by atoms with Gasteiger partial charge in [-0.05, 0) is 43.2 Å². The van der Waals surface area contributed by atoms with Crippen LogP contribution < -0.4 is 5.32 Å². The Morgan fingerprint density at radius 2 is 1.94 bits per heavy atom. The van der Waals surface area contributed by atoms with Crippen molar-refractivity contribution in [3.05, 3.63) is 29.8 Å². The number of benzene rings is 1. The molecule has 1 atom stereocenters. The normalized spacial score (nSPS) is 13.0. The first-order valence-corrected chi connectivity index (χ1v) is 7.77. The van der Waals surface area contributed by atoms with Crippen LogP contribution >= 0.6 is 11.8 Å². The summed E-state index contributed by atoms with van der Waals surface area (Å²) in [5.41, 5.74) is 1.46. The summed E-state index contributed by atoms with van der Waals surface area (Å²) in [7, 11) is 0. The number of hydrogen-bond donors (Lipinski definition) is 1. The van der Waals surface area contributed by atoms with Gasteiger partial charge in [0, 0.05) is 10.9 Å². The van der Waals surface area contributed by atoms with E-state index >= 15 is 0 Å². The maximum Gasteiger partial charge on any atom is 0.0333 e. The molecule has 0 heterocycles. The molecular weight excluding hydrogens is 226 g/mol. The molecule has 0 amide bonds. The summed E-state index contributed by atoms with van der Waals surface area (Å²) in [5, 5.41) is 3.68. The fraction of sp³-hybridized carbons (Fsp3) is 0.600. The predicted octanol–water partition coefficient (Wildman–Crippen LogP) is 4.50. The van der Waals surface area contributed by atoms with Crippen molar-refractivity contribution in [1.82, 2.24) is 5.32 Å². The standard InChI is InChI=1S/C15H25NS/c1-5-10-16-14(11-12(2)3)13-8-6-7-9-15(13)17-4/h6-9,12,14,16H,5,10-11H2,1-4H3. The van der Waals surface area contributed by atoms with E-state index in [1.54, 1.807) is 0 Å². The molecule has 0 radical (unpaired) electrons. The summed E-state index contributed by atoms with van der Waals surface area (Å²) in [4.78, 5) is 1.40. The van der Waals surface area contributed by atoms with E-state index in [0.717, 1.165) is 12.5 Å². The van der Waals surface area contributed by atoms with Crippen molar-refractivity contribution in [2.75, 3.05) is 12.8 Å². The highest BCUT2D eigenvalue weighted by Gasteiger charge is 2.15. The first kappa shape index (κ1) is 14.6. The van der Waals surface area contributed by atoms with Gasteiger partial charge in [-0.1, -0.05) is 39.0 Å². The minimum absolute atomic E-state index is 0.499. The van der Waals surface area contributed by atoms with Gasteiger partial charge >= 0.3 is 0 Å². The first-order valence-electron chi connectivity index (χ1n) is 6.55. The van der Waals surface area contributed by atoms with Gasteiger partial charge in [0.15, 0.2) is 0 Å². The van der Waals surface area contributed by atoms with Gasteiger partial charge in [-0.25, -0.2) is 0 Å². The van der Waals surface area contributed by atoms with E-state index in [9.17, 15) is 0 Å². The largest absolute Gasteiger partial charge is 0.310 e. The second-order valence-corrected chi connectivity index (χ2v) is 5.73. The Morgan fingerprint density at radius 1 is 1.24 bits per heavy atom. The minimum atomic E-state index is 0.499. The molecule has 96 valence electrons. The Hall–Kier alpha value is -0.470. The summed E-state index contributed by atoms with van der Waals surface area (Å²) in [5.74, 6) is 0.722. The highest BCUT2D eigenvalue weighted by molar-refractivity contribution is 7.98. The van der Waals surface area contributed by atoms with Gasteiger partial charge < -0.3 is 5.32 Å². The van der Waals surface area contributed by atoms with Crippen molar-refractivity contribution < 1.29 is 0 Å². The molecule has 1 nitrogen and oxygen atoms in total. The molecule has 0 aliphatic carbocycles. The van der Waals surface area contributed by atoms with Crippen molar-refractivity contribution in [1.29, 1.82) is 0 Å². The molecule has 0 saturated carbocycles. The summed E-state index contributed by atoms with van der Waals surface area (Å²) < 4.78 is 0. The van der Waals surface area contributed by atoms with E-state index in [1.165, 1.54) is 23.3 Å². The summed E-state index contributed by atoms with van der Waals surface area (Å²) >= 11 is 1.84. The third kappa shape index (κ3) is 4.72. The lowest BCUT2D eigenvalue weighted by Crippen LogP contribution is -2.24. The predicted molar refractivity (Wildman–Crippen MR) is 78.7 cm³/mol. The third-order valence-electron chi connectivity index (χ3n) is 2.86. The van der Waals surface area contributed by atoms with Crippen molar-refractivity contribution >= 4 is 11.8 Å². The monoisotopic (exact) mass is 251 g/mol. The molecule has 0 bridgehead atoms. The molecule has 1 rings (SSSR count). The van der Waals surface area contributed by atoms with E-state index in [0.29, 0.717) is 6.04 Å². The second kappa shape index (κ2) is 7.78. The van der Waals surface area contributed by atoms with Crippen LogP contribution in [-0.2, 0) is 0 Å². The number of nitrogens with one attached hydrogen (secondary N) is 1. The van der Waals surface area contributed by atoms with Crippen LogP contribution in [0.1, 0.15) is 45.2 Å². The lowest BCUT2D eigenvalue weighted by atomic mass is 9.97. The molecule has 0 aromatic heterocycles. The van der Waals surface area contributed by atoms with Crippen LogP contribution in [0.5, 0.6) is 0 Å². The van der Waals surface area contributed by atoms with Crippen LogP contribution in [0.4, 0.5) is 0 Å². The Morgan fingerprint density at radius 3 is 2.53 bits per heavy atom. The topological polar surface area (TPSA) is 12.0 Å². The zero-order chi connectivity index (χ0) is 12.7. The van der Waals surface area contributed by atoms with Gasteiger partial charge in [-0.2, -0.15) is 0 Å². The molecule has 17 heavy (non-hydrogen) atoms. The van der Waals surface area contributed by atoms with Crippen LogP contribution in [-0.4, -0.2) is 12.8 Å². The van der Waals surface area contributed by atoms with Crippen LogP contribution in [0, 0.1) is 5.92 Å². The number of thioether (sulfide) groups is 1. The number of rotatable bonds is 7. The van der Waals surface area contributed by atoms with Crippen molar-refractivity contribution in [3.63, 3.8) is 0 Å². The SMILES string of the molecule is CCCNC(CC(C)C)c1ccccc1SC. The van der Waals surface area contributed by atoms with Crippen molar-refractivity contribution in [2.45, 2.75) is 44.6 Å². The van der Waals surface area contributed by atoms with E-state index in [2.05, 4.69) is 56.6 Å². The molecule has 1 aromatic rings. The maximum absolute atomic E-state index is 3.68. The van der Waals surface area contributed by atoms with Gasteiger partial charge in [0.05, 0.1) is 0 Å². The smallest absolute Gasteiger partial charge is 0.0333 e. The van der Waals surface area contributed by atoms with Crippen molar-refractivity contribution in [3.8, 4) is 0 Å². The van der Waals surface area contributed by atoms with Crippen LogP contribution in [0.25, 0.3) is 0 Å². The molecule has 2 heteroatoms. The molecule has 0 spiro atoms. The molecule has 0 aliphatic rings. The fourth-order valence-electron chi connectivity index (χ4n) is 2.06. The van der Waals surface area contributed by atoms with E-state index in [4.69, 9.17) is 0 Å². The Kier molecular flexibility index (Phi) is 6.68. The lowest BCUT2D eigenvalue weighted by Gasteiger charge is -2.23. The summed E-state index contributed by atoms with van der Waals surface area (Å²) in [6.07, 6.45) is 4.55. The average Bonchev–Trinajstić information content (AvgIpc) is 2.34. The van der Waals surface area contributed by atoms with Crippen LogP contribution in [0.15, 0.2) is 29.2 Å². The third-order valence-corrected chi connectivity index (χ3v) is 3.67. The Labute approximate surface area is 110 Å². The van der Waals surface area contributed by atoms with Gasteiger partial charge in [0.25, 0.3) is 0 Å². The quantitative estimate of drug-likeness (QED) is 0.716. The van der Waals surface area contributed by atoms with Gasteiger partial charge in [-0.3, -0.25) is 0 Å². The highest BCUT2D eigenvalue weighted by atomic mass is 32.2. The highest BCUT2D eigenvalue weighted by Crippen LogP contribution is 2.29. The molecule has 0 aliphatic heterocycles. The molecule has 1 unspecified atom stereocenters. The molecular formula is C15H25NS. The van der Waals surface area contributed by atoms with Gasteiger partial charge in [-0.15, -0.1) is 11.8 Å². The first-order chi connectivity index (χ1) is 8.19. The zero-order valence-electron chi connectivity index (χ0n) is 11.5. The molecule has 0 fully saturated rings. The van der Waals surface area contributed by atoms with E-state index in [-0.39, 0.29) is 0 Å². The van der Waals surface area contributed by atoms with E-state index < -0.39 is 0 Å². The Bertz CT molecular complexity index is 322. The van der Waals surface area contributed by atoms with Gasteiger partial charge in [0.1, 0.15) is 0 Å². The van der Waals surface area contributed by atoms with Gasteiger partial charge in [0.2, 0.25) is 0 Å². The molecule has 1 aromatic carbocycles. The fourth-order valence-corrected chi connectivity index (χ4v) is 2.73. The Balaban J connectivity index is 2.86. The average molecular weight is 251 g/mol. The maximum atomic E-state index is 3.68. The minimum Gasteiger partial charge on any atom is -0.310 e. The van der Waals surface area contributed by atoms with Crippen molar-refractivity contribution in [2.24, 2.45) is 5.92 Å². The molecule has 1 N–H and O–H groups in total. The van der Waals surface area contributed by atoms with E-state index in [1.807, 2.05) is 11.8 Å². The summed E-state index contributed by atoms with van der Waals surface area (Å²) in [6.45, 7) is 7.91. The molecule has 0 saturated heterocycles. The zero-order valence-corrected chi connectivity index (χ0v) is 12.3.